The lowest BCUT2D eigenvalue weighted by Crippen LogP contribution is -2.32. The third kappa shape index (κ3) is 4.46. The van der Waals surface area contributed by atoms with Crippen molar-refractivity contribution < 1.29 is 9.53 Å². The van der Waals surface area contributed by atoms with Crippen LogP contribution in [0.5, 0.6) is 5.75 Å². The molecule has 2 aromatic rings. The van der Waals surface area contributed by atoms with Gasteiger partial charge in [0, 0.05) is 24.5 Å². The summed E-state index contributed by atoms with van der Waals surface area (Å²) in [5.74, 6) is 0.637. The van der Waals surface area contributed by atoms with Crippen LogP contribution in [0.1, 0.15) is 19.8 Å². The number of anilines is 1. The predicted octanol–water partition coefficient (Wildman–Crippen LogP) is 3.03. The Morgan fingerprint density at radius 2 is 2.27 bits per heavy atom. The molecule has 0 saturated carbocycles. The number of aromatic nitrogens is 1. The maximum atomic E-state index is 12.0. The van der Waals surface area contributed by atoms with Crippen LogP contribution >= 0.6 is 11.3 Å². The number of ether oxygens (including phenoxy) is 1. The molecule has 0 atom stereocenters. The van der Waals surface area contributed by atoms with E-state index in [1.807, 2.05) is 29.6 Å². The van der Waals surface area contributed by atoms with Crippen LogP contribution in [0.25, 0.3) is 11.3 Å². The minimum Gasteiger partial charge on any atom is -0.484 e. The molecule has 6 heteroatoms. The molecule has 5 nitrogen and oxygen atoms in total. The number of hydrogen-bond acceptors (Lipinski definition) is 5. The molecule has 22 heavy (non-hydrogen) atoms. The lowest BCUT2D eigenvalue weighted by molar-refractivity contribution is -0.132. The van der Waals surface area contributed by atoms with Gasteiger partial charge in [-0.2, -0.15) is 0 Å². The van der Waals surface area contributed by atoms with Crippen molar-refractivity contribution in [2.75, 3.05) is 25.9 Å². The van der Waals surface area contributed by atoms with Gasteiger partial charge in [-0.05, 0) is 18.6 Å². The summed E-state index contributed by atoms with van der Waals surface area (Å²) in [4.78, 5) is 17.9. The Bertz CT molecular complexity index is 627. The molecular weight excluding hydrogens is 298 g/mol. The summed E-state index contributed by atoms with van der Waals surface area (Å²) >= 11 is 1.40. The second-order valence-corrected chi connectivity index (χ2v) is 5.95. The van der Waals surface area contributed by atoms with Gasteiger partial charge in [-0.15, -0.1) is 11.3 Å². The van der Waals surface area contributed by atoms with Gasteiger partial charge in [0.2, 0.25) is 0 Å². The van der Waals surface area contributed by atoms with Crippen molar-refractivity contribution in [2.24, 2.45) is 0 Å². The second-order valence-electron chi connectivity index (χ2n) is 5.06. The van der Waals surface area contributed by atoms with Crippen LogP contribution in [0.2, 0.25) is 0 Å². The van der Waals surface area contributed by atoms with Crippen LogP contribution in [-0.2, 0) is 4.79 Å². The van der Waals surface area contributed by atoms with Gasteiger partial charge < -0.3 is 15.4 Å². The number of carbonyl (C=O) groups is 1. The standard InChI is InChI=1S/C16H21N3O2S/c1-3-4-8-19(2)15(20)10-21-13-7-5-6-12(9-13)14-11-22-16(17)18-14/h5-7,9,11H,3-4,8,10H2,1-2H3,(H2,17,18). The van der Waals surface area contributed by atoms with E-state index in [0.717, 1.165) is 30.6 Å². The van der Waals surface area contributed by atoms with Crippen molar-refractivity contribution in [1.29, 1.82) is 0 Å². The fourth-order valence-electron chi connectivity index (χ4n) is 1.94. The molecule has 0 aliphatic carbocycles. The highest BCUT2D eigenvalue weighted by Gasteiger charge is 2.10. The topological polar surface area (TPSA) is 68.5 Å². The van der Waals surface area contributed by atoms with Crippen molar-refractivity contribution in [3.05, 3.63) is 29.6 Å². The zero-order chi connectivity index (χ0) is 15.9. The number of carbonyl (C=O) groups excluding carboxylic acids is 1. The van der Waals surface area contributed by atoms with Gasteiger partial charge in [-0.25, -0.2) is 4.98 Å². The van der Waals surface area contributed by atoms with Crippen LogP contribution in [0, 0.1) is 0 Å². The molecule has 0 radical (unpaired) electrons. The van der Waals surface area contributed by atoms with E-state index in [9.17, 15) is 4.79 Å². The minimum atomic E-state index is -0.0169. The normalized spacial score (nSPS) is 10.5. The molecule has 0 spiro atoms. The number of nitrogen functional groups attached to an aromatic ring is 1. The number of amides is 1. The number of thiazole rings is 1. The van der Waals surface area contributed by atoms with Crippen molar-refractivity contribution >= 4 is 22.4 Å². The van der Waals surface area contributed by atoms with Crippen LogP contribution in [0.4, 0.5) is 5.13 Å². The molecule has 1 aromatic heterocycles. The van der Waals surface area contributed by atoms with Crippen LogP contribution < -0.4 is 10.5 Å². The SMILES string of the molecule is CCCCN(C)C(=O)COc1cccc(-c2csc(N)n2)c1. The zero-order valence-corrected chi connectivity index (χ0v) is 13.7. The molecule has 2 rings (SSSR count). The Labute approximate surface area is 134 Å². The van der Waals surface area contributed by atoms with Gasteiger partial charge in [-0.3, -0.25) is 4.79 Å². The molecule has 0 saturated heterocycles. The van der Waals surface area contributed by atoms with E-state index >= 15 is 0 Å². The third-order valence-corrected chi connectivity index (χ3v) is 3.96. The van der Waals surface area contributed by atoms with E-state index in [1.165, 1.54) is 11.3 Å². The molecule has 1 amide bonds. The highest BCUT2D eigenvalue weighted by atomic mass is 32.1. The van der Waals surface area contributed by atoms with Gasteiger partial charge in [0.15, 0.2) is 11.7 Å². The molecule has 1 aromatic carbocycles. The zero-order valence-electron chi connectivity index (χ0n) is 12.9. The van der Waals surface area contributed by atoms with Crippen LogP contribution in [0.15, 0.2) is 29.6 Å². The summed E-state index contributed by atoms with van der Waals surface area (Å²) in [5.41, 5.74) is 7.40. The predicted molar refractivity (Wildman–Crippen MR) is 90.0 cm³/mol. The molecule has 2 N–H and O–H groups in total. The molecule has 0 bridgehead atoms. The first-order valence-electron chi connectivity index (χ1n) is 7.28. The molecule has 118 valence electrons. The fraction of sp³-hybridized carbons (Fsp3) is 0.375. The van der Waals surface area contributed by atoms with Gasteiger partial charge in [0.25, 0.3) is 5.91 Å². The number of likely N-dealkylation sites (N-methyl/N-ethyl adjacent to an activating group) is 1. The summed E-state index contributed by atoms with van der Waals surface area (Å²) in [6, 6.07) is 7.52. The number of nitrogens with zero attached hydrogens (tertiary/aromatic N) is 2. The number of nitrogens with two attached hydrogens (primary N) is 1. The number of rotatable bonds is 7. The van der Waals surface area contributed by atoms with Gasteiger partial charge >= 0.3 is 0 Å². The number of hydrogen-bond donors (Lipinski definition) is 1. The Balaban J connectivity index is 1.95. The van der Waals surface area contributed by atoms with E-state index < -0.39 is 0 Å². The summed E-state index contributed by atoms with van der Waals surface area (Å²) in [6.45, 7) is 2.91. The summed E-state index contributed by atoms with van der Waals surface area (Å²) in [6.07, 6.45) is 2.07. The maximum absolute atomic E-state index is 12.0. The Hall–Kier alpha value is -2.08. The van der Waals surface area contributed by atoms with E-state index in [1.54, 1.807) is 11.9 Å². The maximum Gasteiger partial charge on any atom is 0.260 e. The minimum absolute atomic E-state index is 0.0169. The molecular formula is C16H21N3O2S. The number of unbranched alkanes of at least 4 members (excludes halogenated alkanes) is 1. The first kappa shape index (κ1) is 16.3. The Morgan fingerprint density at radius 3 is 2.95 bits per heavy atom. The summed E-state index contributed by atoms with van der Waals surface area (Å²) in [7, 11) is 1.80. The lowest BCUT2D eigenvalue weighted by atomic mass is 10.2. The Morgan fingerprint density at radius 1 is 1.45 bits per heavy atom. The first-order valence-corrected chi connectivity index (χ1v) is 8.16. The largest absolute Gasteiger partial charge is 0.484 e. The lowest BCUT2D eigenvalue weighted by Gasteiger charge is -2.17. The average Bonchev–Trinajstić information content (AvgIpc) is 2.97. The molecule has 0 aliphatic rings. The van der Waals surface area contributed by atoms with Gasteiger partial charge in [0.1, 0.15) is 5.75 Å². The average molecular weight is 319 g/mol. The van der Waals surface area contributed by atoms with E-state index in [4.69, 9.17) is 10.5 Å². The van der Waals surface area contributed by atoms with Gasteiger partial charge in [-0.1, -0.05) is 25.5 Å². The fourth-order valence-corrected chi connectivity index (χ4v) is 2.51. The molecule has 0 aliphatic heterocycles. The highest BCUT2D eigenvalue weighted by Crippen LogP contribution is 2.26. The monoisotopic (exact) mass is 319 g/mol. The molecule has 1 heterocycles. The van der Waals surface area contributed by atoms with Gasteiger partial charge in [0.05, 0.1) is 5.69 Å². The van der Waals surface area contributed by atoms with Crippen LogP contribution in [0.3, 0.4) is 0 Å². The quantitative estimate of drug-likeness (QED) is 0.851. The van der Waals surface area contributed by atoms with E-state index in [-0.39, 0.29) is 12.5 Å². The van der Waals surface area contributed by atoms with Crippen LogP contribution in [-0.4, -0.2) is 36.0 Å². The van der Waals surface area contributed by atoms with Crippen molar-refractivity contribution in [3.8, 4) is 17.0 Å². The first-order chi connectivity index (χ1) is 10.6. The highest BCUT2D eigenvalue weighted by molar-refractivity contribution is 7.13. The molecule has 0 fully saturated rings. The second kappa shape index (κ2) is 7.79. The smallest absolute Gasteiger partial charge is 0.260 e. The third-order valence-electron chi connectivity index (χ3n) is 3.29. The van der Waals surface area contributed by atoms with Crippen molar-refractivity contribution in [2.45, 2.75) is 19.8 Å². The van der Waals surface area contributed by atoms with Crippen molar-refractivity contribution in [1.82, 2.24) is 9.88 Å². The summed E-state index contributed by atoms with van der Waals surface area (Å²) < 4.78 is 5.59. The van der Waals surface area contributed by atoms with E-state index in [2.05, 4.69) is 11.9 Å². The Kier molecular flexibility index (Phi) is 5.77. The molecule has 0 unspecified atom stereocenters. The van der Waals surface area contributed by atoms with E-state index in [0.29, 0.717) is 10.9 Å². The number of benzene rings is 1. The summed E-state index contributed by atoms with van der Waals surface area (Å²) in [5, 5.41) is 2.44. The van der Waals surface area contributed by atoms with Crippen molar-refractivity contribution in [3.63, 3.8) is 0 Å².